The Hall–Kier alpha value is -0.610. The quantitative estimate of drug-likeness (QED) is 0.710. The molecule has 0 bridgehead atoms. The van der Waals surface area contributed by atoms with Crippen molar-refractivity contribution in [2.24, 2.45) is 17.1 Å². The molecule has 1 fully saturated rings. The van der Waals surface area contributed by atoms with Crippen molar-refractivity contribution in [3.63, 3.8) is 0 Å². The topological polar surface area (TPSA) is 64.3 Å². The third-order valence-electron chi connectivity index (χ3n) is 3.65. The van der Waals surface area contributed by atoms with Gasteiger partial charge in [0.2, 0.25) is 5.91 Å². The summed E-state index contributed by atoms with van der Waals surface area (Å²) in [6, 6.07) is 0.0847. The molecule has 0 heterocycles. The van der Waals surface area contributed by atoms with Crippen molar-refractivity contribution in [2.45, 2.75) is 39.2 Å². The number of hydrogen-bond donors (Lipinski definition) is 2. The summed E-state index contributed by atoms with van der Waals surface area (Å²) in [6.45, 7) is 5.18. The summed E-state index contributed by atoms with van der Waals surface area (Å²) in [5.74, 6) is 0.482. The van der Waals surface area contributed by atoms with E-state index in [0.29, 0.717) is 19.1 Å². The van der Waals surface area contributed by atoms with Gasteiger partial charge in [-0.15, -0.1) is 0 Å². The highest BCUT2D eigenvalue weighted by Crippen LogP contribution is 2.40. The lowest BCUT2D eigenvalue weighted by Crippen LogP contribution is -2.54. The van der Waals surface area contributed by atoms with Crippen molar-refractivity contribution in [1.29, 1.82) is 0 Å². The zero-order valence-corrected chi connectivity index (χ0v) is 10.6. The summed E-state index contributed by atoms with van der Waals surface area (Å²) in [7, 11) is 1.66. The number of rotatable bonds is 6. The predicted octanol–water partition coefficient (Wildman–Crippen LogP) is 0.903. The summed E-state index contributed by atoms with van der Waals surface area (Å²) in [4.78, 5) is 12.1. The Morgan fingerprint density at radius 2 is 2.12 bits per heavy atom. The van der Waals surface area contributed by atoms with Gasteiger partial charge in [0.15, 0.2) is 0 Å². The zero-order valence-electron chi connectivity index (χ0n) is 10.6. The molecule has 0 aromatic carbocycles. The highest BCUT2D eigenvalue weighted by Gasteiger charge is 2.43. The van der Waals surface area contributed by atoms with Crippen molar-refractivity contribution < 1.29 is 9.53 Å². The van der Waals surface area contributed by atoms with E-state index < -0.39 is 0 Å². The maximum absolute atomic E-state index is 12.1. The van der Waals surface area contributed by atoms with Crippen LogP contribution < -0.4 is 11.1 Å². The Bertz CT molecular complexity index is 232. The van der Waals surface area contributed by atoms with Gasteiger partial charge in [0.25, 0.3) is 0 Å². The number of ether oxygens (including phenoxy) is 1. The second kappa shape index (κ2) is 5.64. The Morgan fingerprint density at radius 1 is 1.50 bits per heavy atom. The lowest BCUT2D eigenvalue weighted by molar-refractivity contribution is -0.136. The number of hydrogen-bond acceptors (Lipinski definition) is 3. The van der Waals surface area contributed by atoms with Crippen LogP contribution in [-0.2, 0) is 9.53 Å². The molecule has 0 saturated heterocycles. The molecular weight excluding hydrogens is 204 g/mol. The molecular formula is C12H24N2O2. The van der Waals surface area contributed by atoms with Gasteiger partial charge in [-0.2, -0.15) is 0 Å². The maximum Gasteiger partial charge on any atom is 0.227 e. The molecule has 0 spiro atoms. The molecule has 0 aromatic rings. The van der Waals surface area contributed by atoms with Crippen LogP contribution >= 0.6 is 0 Å². The van der Waals surface area contributed by atoms with Crippen LogP contribution in [0.15, 0.2) is 0 Å². The van der Waals surface area contributed by atoms with Crippen molar-refractivity contribution in [3.05, 3.63) is 0 Å². The molecule has 0 aliphatic heterocycles. The van der Waals surface area contributed by atoms with E-state index in [1.807, 2.05) is 0 Å². The minimum absolute atomic E-state index is 0.0847. The van der Waals surface area contributed by atoms with Crippen molar-refractivity contribution in [1.82, 2.24) is 5.32 Å². The van der Waals surface area contributed by atoms with Gasteiger partial charge in [-0.05, 0) is 18.8 Å². The number of nitrogens with two attached hydrogens (primary N) is 1. The van der Waals surface area contributed by atoms with E-state index in [0.717, 1.165) is 19.3 Å². The van der Waals surface area contributed by atoms with E-state index in [2.05, 4.69) is 19.2 Å². The minimum Gasteiger partial charge on any atom is -0.383 e. The van der Waals surface area contributed by atoms with Gasteiger partial charge in [-0.3, -0.25) is 4.79 Å². The molecule has 16 heavy (non-hydrogen) atoms. The molecule has 1 aliphatic carbocycles. The molecule has 1 unspecified atom stereocenters. The van der Waals surface area contributed by atoms with Gasteiger partial charge in [0.05, 0.1) is 18.1 Å². The fourth-order valence-corrected chi connectivity index (χ4v) is 2.03. The van der Waals surface area contributed by atoms with E-state index in [1.54, 1.807) is 7.11 Å². The molecule has 1 aliphatic rings. The Kier molecular flexibility index (Phi) is 4.74. The summed E-state index contributed by atoms with van der Waals surface area (Å²) >= 11 is 0. The second-order valence-electron chi connectivity index (χ2n) is 5.12. The highest BCUT2D eigenvalue weighted by atomic mass is 16.5. The Balaban J connectivity index is 2.53. The molecule has 1 rings (SSSR count). The van der Waals surface area contributed by atoms with Gasteiger partial charge in [0.1, 0.15) is 0 Å². The standard InChI is InChI=1S/C12H24N2O2/c1-9(2)10(7-16-3)14-11(15)12(8-13)5-4-6-12/h9-10H,4-8,13H2,1-3H3,(H,14,15). The fraction of sp³-hybridized carbons (Fsp3) is 0.917. The molecule has 1 atom stereocenters. The van der Waals surface area contributed by atoms with Crippen LogP contribution in [-0.4, -0.2) is 32.2 Å². The first kappa shape index (κ1) is 13.5. The summed E-state index contributed by atoms with van der Waals surface area (Å²) < 4.78 is 5.12. The SMILES string of the molecule is COCC(NC(=O)C1(CN)CCC1)C(C)C. The monoisotopic (exact) mass is 228 g/mol. The molecule has 1 amide bonds. The van der Waals surface area contributed by atoms with Gasteiger partial charge in [-0.1, -0.05) is 20.3 Å². The van der Waals surface area contributed by atoms with E-state index in [9.17, 15) is 4.79 Å². The average Bonchev–Trinajstić information content (AvgIpc) is 2.16. The first-order valence-electron chi connectivity index (χ1n) is 6.05. The third-order valence-corrected chi connectivity index (χ3v) is 3.65. The van der Waals surface area contributed by atoms with Crippen LogP contribution in [0.1, 0.15) is 33.1 Å². The first-order chi connectivity index (χ1) is 7.55. The lowest BCUT2D eigenvalue weighted by Gasteiger charge is -2.40. The maximum atomic E-state index is 12.1. The van der Waals surface area contributed by atoms with Crippen molar-refractivity contribution >= 4 is 5.91 Å². The van der Waals surface area contributed by atoms with Crippen LogP contribution in [0.3, 0.4) is 0 Å². The number of methoxy groups -OCH3 is 1. The first-order valence-corrected chi connectivity index (χ1v) is 6.05. The van der Waals surface area contributed by atoms with Gasteiger partial charge >= 0.3 is 0 Å². The summed E-state index contributed by atoms with van der Waals surface area (Å²) in [6.07, 6.45) is 2.96. The van der Waals surface area contributed by atoms with Crippen LogP contribution in [0.2, 0.25) is 0 Å². The molecule has 4 nitrogen and oxygen atoms in total. The van der Waals surface area contributed by atoms with Crippen LogP contribution in [0.25, 0.3) is 0 Å². The number of carbonyl (C=O) groups excluding carboxylic acids is 1. The molecule has 4 heteroatoms. The van der Waals surface area contributed by atoms with Gasteiger partial charge in [0, 0.05) is 13.7 Å². The molecule has 3 N–H and O–H groups in total. The summed E-state index contributed by atoms with van der Waals surface area (Å²) in [5, 5.41) is 3.07. The number of nitrogens with one attached hydrogen (secondary N) is 1. The van der Waals surface area contributed by atoms with E-state index in [-0.39, 0.29) is 17.4 Å². The smallest absolute Gasteiger partial charge is 0.227 e. The number of carbonyl (C=O) groups is 1. The van der Waals surface area contributed by atoms with Crippen molar-refractivity contribution in [3.8, 4) is 0 Å². The largest absolute Gasteiger partial charge is 0.383 e. The fourth-order valence-electron chi connectivity index (χ4n) is 2.03. The lowest BCUT2D eigenvalue weighted by atomic mass is 9.68. The van der Waals surface area contributed by atoms with E-state index in [1.165, 1.54) is 0 Å². The Labute approximate surface area is 97.9 Å². The predicted molar refractivity (Wildman–Crippen MR) is 64.0 cm³/mol. The second-order valence-corrected chi connectivity index (χ2v) is 5.12. The third kappa shape index (κ3) is 2.74. The zero-order chi connectivity index (χ0) is 12.2. The molecule has 0 radical (unpaired) electrons. The highest BCUT2D eigenvalue weighted by molar-refractivity contribution is 5.84. The van der Waals surface area contributed by atoms with Crippen molar-refractivity contribution in [2.75, 3.05) is 20.3 Å². The molecule has 1 saturated carbocycles. The van der Waals surface area contributed by atoms with E-state index >= 15 is 0 Å². The Morgan fingerprint density at radius 3 is 2.44 bits per heavy atom. The van der Waals surface area contributed by atoms with Crippen LogP contribution in [0.4, 0.5) is 0 Å². The number of amides is 1. The average molecular weight is 228 g/mol. The van der Waals surface area contributed by atoms with Gasteiger partial charge in [-0.25, -0.2) is 0 Å². The van der Waals surface area contributed by atoms with Crippen LogP contribution in [0.5, 0.6) is 0 Å². The van der Waals surface area contributed by atoms with E-state index in [4.69, 9.17) is 10.5 Å². The normalized spacial score (nSPS) is 20.3. The minimum atomic E-state index is -0.291. The van der Waals surface area contributed by atoms with Crippen LogP contribution in [0, 0.1) is 11.3 Å². The summed E-state index contributed by atoms with van der Waals surface area (Å²) in [5.41, 5.74) is 5.41. The van der Waals surface area contributed by atoms with Gasteiger partial charge < -0.3 is 15.8 Å². The molecule has 0 aromatic heterocycles. The molecule has 94 valence electrons.